The van der Waals surface area contributed by atoms with Gasteiger partial charge in [-0.2, -0.15) is 0 Å². The Morgan fingerprint density at radius 1 is 0.530 bits per heavy atom. The summed E-state index contributed by atoms with van der Waals surface area (Å²) in [7, 11) is 0. The summed E-state index contributed by atoms with van der Waals surface area (Å²) >= 11 is 0. The number of carbonyl (C=O) groups is 2. The summed E-state index contributed by atoms with van der Waals surface area (Å²) in [5.41, 5.74) is 0. The van der Waals surface area contributed by atoms with E-state index in [1.807, 2.05) is 6.08 Å². The van der Waals surface area contributed by atoms with Gasteiger partial charge in [-0.1, -0.05) is 133 Å². The van der Waals surface area contributed by atoms with Crippen molar-refractivity contribution < 1.29 is 73.8 Å². The lowest BCUT2D eigenvalue weighted by atomic mass is 9.98. The van der Waals surface area contributed by atoms with Gasteiger partial charge in [0.15, 0.2) is 18.7 Å². The molecule has 0 saturated carbocycles. The van der Waals surface area contributed by atoms with Gasteiger partial charge in [-0.15, -0.1) is 6.58 Å². The Morgan fingerprint density at radius 2 is 0.985 bits per heavy atom. The molecule has 11 atom stereocenters. The molecular formula is C51H88O15. The molecule has 4 unspecified atom stereocenters. The van der Waals surface area contributed by atoms with Crippen molar-refractivity contribution in [1.82, 2.24) is 0 Å². The first kappa shape index (κ1) is 59.6. The average molecular weight is 941 g/mol. The number of rotatable bonds is 39. The number of unbranched alkanes of at least 4 members (excludes halogenated alkanes) is 18. The highest BCUT2D eigenvalue weighted by atomic mass is 16.7. The van der Waals surface area contributed by atoms with Crippen LogP contribution >= 0.6 is 0 Å². The fourth-order valence-electron chi connectivity index (χ4n) is 7.73. The van der Waals surface area contributed by atoms with Crippen LogP contribution in [0.3, 0.4) is 0 Å². The minimum absolute atomic E-state index is 0.154. The van der Waals surface area contributed by atoms with Gasteiger partial charge in [0.1, 0.15) is 55.4 Å². The molecule has 0 aromatic carbocycles. The summed E-state index contributed by atoms with van der Waals surface area (Å²) in [5.74, 6) is -0.973. The molecule has 7 N–H and O–H groups in total. The number of allylic oxidation sites excluding steroid dienone is 7. The van der Waals surface area contributed by atoms with E-state index in [0.717, 1.165) is 57.8 Å². The van der Waals surface area contributed by atoms with Crippen molar-refractivity contribution in [3.63, 3.8) is 0 Å². The van der Waals surface area contributed by atoms with Crippen LogP contribution in [-0.4, -0.2) is 142 Å². The Morgan fingerprint density at radius 3 is 1.55 bits per heavy atom. The van der Waals surface area contributed by atoms with Gasteiger partial charge in [-0.05, 0) is 64.2 Å². The predicted molar refractivity (Wildman–Crippen MR) is 252 cm³/mol. The van der Waals surface area contributed by atoms with Crippen molar-refractivity contribution in [2.45, 2.75) is 235 Å². The number of ether oxygens (including phenoxy) is 6. The van der Waals surface area contributed by atoms with Gasteiger partial charge in [0, 0.05) is 12.8 Å². The summed E-state index contributed by atoms with van der Waals surface area (Å²) in [6, 6.07) is 0. The van der Waals surface area contributed by atoms with E-state index in [1.54, 1.807) is 0 Å². The summed E-state index contributed by atoms with van der Waals surface area (Å²) in [4.78, 5) is 25.7. The number of carbonyl (C=O) groups excluding carboxylic acids is 2. The van der Waals surface area contributed by atoms with Crippen molar-refractivity contribution in [1.29, 1.82) is 0 Å². The number of hydrogen-bond acceptors (Lipinski definition) is 15. The van der Waals surface area contributed by atoms with E-state index in [1.165, 1.54) is 77.0 Å². The Labute approximate surface area is 395 Å². The van der Waals surface area contributed by atoms with Crippen LogP contribution in [0.25, 0.3) is 0 Å². The molecule has 2 aliphatic heterocycles. The Balaban J connectivity index is 1.83. The fraction of sp³-hybridized carbons (Fsp3) is 0.804. The molecule has 2 fully saturated rings. The maximum atomic E-state index is 13.0. The third-order valence-electron chi connectivity index (χ3n) is 11.9. The quantitative estimate of drug-likeness (QED) is 0.0193. The lowest BCUT2D eigenvalue weighted by Crippen LogP contribution is -2.61. The zero-order valence-electron chi connectivity index (χ0n) is 40.0. The SMILES string of the molecule is C=CCCCCCCCCCCCCCCCC(=O)O[C@H](COC(=O)CCCC/C=C/C/C=C/C/C=C/CCCCC)CO[C@@H]1O[C@H](CO[C@@H]2O[C@H](CO)[C@H](O)C(O)C2O)[C@H](O)C(O)C1O. The Bertz CT molecular complexity index is 1320. The Kier molecular flexibility index (Phi) is 34.6. The number of aliphatic hydroxyl groups excluding tert-OH is 7. The number of hydrogen-bond donors (Lipinski definition) is 7. The molecule has 382 valence electrons. The maximum absolute atomic E-state index is 13.0. The standard InChI is InChI=1S/C51H88O15/c1-3-5-7-9-11-13-15-17-19-21-23-25-27-29-31-33-42(53)61-36-39(64-43(54)34-32-30-28-26-24-22-20-18-16-14-12-10-8-6-4-2)37-62-50-49(60)47(58)45(56)41(66-50)38-63-51-48(59)46(57)44(55)40(35-52)65-51/h4,11,13,17,19,23,25,39-41,44-52,55-60H,2-3,5-10,12,14-16,18,20-22,24,26-38H2,1H3/b13-11+,19-17+,25-23+/t39-,40-,41-,44+,45+,46?,47?,48?,49?,50-,51-/m1/s1. The van der Waals surface area contributed by atoms with Crippen molar-refractivity contribution in [2.75, 3.05) is 26.4 Å². The predicted octanol–water partition coefficient (Wildman–Crippen LogP) is 6.71. The van der Waals surface area contributed by atoms with Gasteiger partial charge in [-0.3, -0.25) is 9.59 Å². The molecule has 0 bridgehead atoms. The van der Waals surface area contributed by atoms with E-state index in [9.17, 15) is 45.3 Å². The molecule has 0 aromatic rings. The second kappa shape index (κ2) is 38.3. The highest BCUT2D eigenvalue weighted by Gasteiger charge is 2.47. The number of aliphatic hydroxyl groups is 7. The van der Waals surface area contributed by atoms with Crippen molar-refractivity contribution in [2.24, 2.45) is 0 Å². The third kappa shape index (κ3) is 26.3. The highest BCUT2D eigenvalue weighted by Crippen LogP contribution is 2.26. The van der Waals surface area contributed by atoms with Crippen molar-refractivity contribution in [3.8, 4) is 0 Å². The zero-order valence-corrected chi connectivity index (χ0v) is 40.0. The van der Waals surface area contributed by atoms with Crippen LogP contribution in [-0.2, 0) is 38.0 Å². The molecule has 15 nitrogen and oxygen atoms in total. The molecule has 2 rings (SSSR count). The van der Waals surface area contributed by atoms with Crippen LogP contribution in [0.1, 0.15) is 167 Å². The molecule has 0 aromatic heterocycles. The van der Waals surface area contributed by atoms with Gasteiger partial charge in [-0.25, -0.2) is 0 Å². The second-order valence-electron chi connectivity index (χ2n) is 17.7. The molecule has 15 heteroatoms. The molecule has 0 amide bonds. The normalized spacial score (nSPS) is 26.4. The van der Waals surface area contributed by atoms with Gasteiger partial charge in [0.25, 0.3) is 0 Å². The molecular weight excluding hydrogens is 853 g/mol. The first-order valence-corrected chi connectivity index (χ1v) is 25.2. The van der Waals surface area contributed by atoms with Crippen LogP contribution in [0.15, 0.2) is 49.1 Å². The molecule has 0 radical (unpaired) electrons. The van der Waals surface area contributed by atoms with Crippen molar-refractivity contribution in [3.05, 3.63) is 49.1 Å². The molecule has 2 saturated heterocycles. The topological polar surface area (TPSA) is 231 Å². The average Bonchev–Trinajstić information content (AvgIpc) is 3.31. The van der Waals surface area contributed by atoms with Crippen LogP contribution in [0.5, 0.6) is 0 Å². The van der Waals surface area contributed by atoms with Gasteiger partial charge >= 0.3 is 11.9 Å². The fourth-order valence-corrected chi connectivity index (χ4v) is 7.73. The largest absolute Gasteiger partial charge is 0.462 e. The monoisotopic (exact) mass is 941 g/mol. The lowest BCUT2D eigenvalue weighted by molar-refractivity contribution is -0.332. The summed E-state index contributed by atoms with van der Waals surface area (Å²) in [5, 5.41) is 72.0. The maximum Gasteiger partial charge on any atom is 0.306 e. The van der Waals surface area contributed by atoms with Crippen LogP contribution in [0.4, 0.5) is 0 Å². The number of esters is 2. The summed E-state index contributed by atoms with van der Waals surface area (Å²) in [6.07, 6.45) is 23.2. The molecule has 0 aliphatic carbocycles. The van der Waals surface area contributed by atoms with E-state index in [-0.39, 0.29) is 19.4 Å². The van der Waals surface area contributed by atoms with E-state index in [0.29, 0.717) is 12.8 Å². The molecule has 0 spiro atoms. The molecule has 66 heavy (non-hydrogen) atoms. The van der Waals surface area contributed by atoms with Crippen LogP contribution < -0.4 is 0 Å². The minimum atomic E-state index is -1.77. The Hall–Kier alpha value is -2.54. The first-order chi connectivity index (χ1) is 32.0. The van der Waals surface area contributed by atoms with Gasteiger partial charge in [0.05, 0.1) is 19.8 Å². The van der Waals surface area contributed by atoms with E-state index >= 15 is 0 Å². The van der Waals surface area contributed by atoms with Gasteiger partial charge in [0.2, 0.25) is 0 Å². The first-order valence-electron chi connectivity index (χ1n) is 25.2. The summed E-state index contributed by atoms with van der Waals surface area (Å²) in [6.45, 7) is 4.05. The van der Waals surface area contributed by atoms with Crippen molar-refractivity contribution >= 4 is 11.9 Å². The second-order valence-corrected chi connectivity index (χ2v) is 17.7. The van der Waals surface area contributed by atoms with Gasteiger partial charge < -0.3 is 64.2 Å². The zero-order chi connectivity index (χ0) is 48.2. The van der Waals surface area contributed by atoms with E-state index in [4.69, 9.17) is 28.4 Å². The minimum Gasteiger partial charge on any atom is -0.462 e. The third-order valence-corrected chi connectivity index (χ3v) is 11.9. The summed E-state index contributed by atoms with van der Waals surface area (Å²) < 4.78 is 33.5. The molecule has 2 heterocycles. The van der Waals surface area contributed by atoms with Crippen LogP contribution in [0.2, 0.25) is 0 Å². The van der Waals surface area contributed by atoms with E-state index < -0.39 is 99.3 Å². The molecule has 2 aliphatic rings. The highest BCUT2D eigenvalue weighted by molar-refractivity contribution is 5.70. The van der Waals surface area contributed by atoms with Crippen LogP contribution in [0, 0.1) is 0 Å². The lowest BCUT2D eigenvalue weighted by Gasteiger charge is -2.42. The smallest absolute Gasteiger partial charge is 0.306 e. The van der Waals surface area contributed by atoms with E-state index in [2.05, 4.69) is 50.0 Å².